The number of aliphatic carboxylic acids is 1. The van der Waals surface area contributed by atoms with Gasteiger partial charge >= 0.3 is 5.97 Å². The summed E-state index contributed by atoms with van der Waals surface area (Å²) in [5.74, 6) is -0.552. The summed E-state index contributed by atoms with van der Waals surface area (Å²) in [6, 6.07) is 0. The maximum atomic E-state index is 10.3. The topological polar surface area (TPSA) is 40.3 Å². The fourth-order valence-electron chi connectivity index (χ4n) is 1.47. The van der Waals surface area contributed by atoms with Gasteiger partial charge in [0.25, 0.3) is 0 Å². The number of carbonyl (C=O) groups is 1. The van der Waals surface area contributed by atoms with Crippen LogP contribution in [0.4, 0.5) is 0 Å². The van der Waals surface area contributed by atoms with Crippen molar-refractivity contribution in [3.63, 3.8) is 0 Å². The molecule has 0 bridgehead atoms. The highest BCUT2D eigenvalue weighted by Crippen LogP contribution is 2.09. The maximum absolute atomic E-state index is 10.3. The molecule has 5 heteroatoms. The fraction of sp³-hybridized carbons (Fsp3) is 0.778. The number of carboxylic acid groups (broad SMARTS) is 1. The van der Waals surface area contributed by atoms with E-state index in [-0.39, 0.29) is 22.7 Å². The molecule has 0 aromatic carbocycles. The minimum atomic E-state index is -0.735. The summed E-state index contributed by atoms with van der Waals surface area (Å²) in [5, 5.41) is 9.66. The van der Waals surface area contributed by atoms with Gasteiger partial charge in [0.05, 0.1) is 0 Å². The lowest BCUT2D eigenvalue weighted by Crippen LogP contribution is -3.00. The molecule has 0 atom stereocenters. The molecule has 0 unspecified atom stereocenters. The molecule has 14 heavy (non-hydrogen) atoms. The molecule has 82 valence electrons. The zero-order chi connectivity index (χ0) is 9.68. The van der Waals surface area contributed by atoms with Crippen LogP contribution in [0.2, 0.25) is 0 Å². The molecule has 1 heterocycles. The number of halogens is 1. The molecule has 1 saturated heterocycles. The Morgan fingerprint density at radius 2 is 1.93 bits per heavy atom. The van der Waals surface area contributed by atoms with Crippen molar-refractivity contribution in [3.8, 4) is 0 Å². The summed E-state index contributed by atoms with van der Waals surface area (Å²) in [7, 11) is 0. The highest BCUT2D eigenvalue weighted by atomic mass is 79.9. The molecular formula is C9H16BrNO2S. The summed E-state index contributed by atoms with van der Waals surface area (Å²) in [6.45, 7) is 4.20. The molecule has 0 spiro atoms. The average Bonchev–Trinajstić information content (AvgIpc) is 2.15. The van der Waals surface area contributed by atoms with Crippen LogP contribution in [0.25, 0.3) is 0 Å². The number of nitrogens with zero attached hydrogens (tertiary/aromatic N) is 1. The molecule has 1 aliphatic heterocycles. The summed E-state index contributed by atoms with van der Waals surface area (Å²) >= 11 is 1.43. The van der Waals surface area contributed by atoms with Crippen molar-refractivity contribution >= 4 is 22.8 Å². The maximum Gasteiger partial charge on any atom is 0.314 e. The summed E-state index contributed by atoms with van der Waals surface area (Å²) < 4.78 is 2.29. The van der Waals surface area contributed by atoms with Crippen molar-refractivity contribution in [2.75, 3.05) is 18.8 Å². The largest absolute Gasteiger partial charge is 1.00 e. The normalized spacial score (nSPS) is 15.9. The van der Waals surface area contributed by atoms with Gasteiger partial charge in [-0.1, -0.05) is 11.8 Å². The molecular weight excluding hydrogens is 266 g/mol. The lowest BCUT2D eigenvalue weighted by molar-refractivity contribution is -0.535. The molecule has 0 aliphatic carbocycles. The molecule has 1 aliphatic rings. The standard InChI is InChI=1S/C9H15NO2S.BrH/c1-8(13-7-9(11)12)10-5-3-2-4-6-10;/h2-7H2,1H3;1H. The Kier molecular flexibility index (Phi) is 7.27. The smallest absolute Gasteiger partial charge is 0.314 e. The molecule has 0 aromatic heterocycles. The first-order chi connectivity index (χ1) is 6.20. The molecule has 0 amide bonds. The van der Waals surface area contributed by atoms with Gasteiger partial charge in [-0.3, -0.25) is 4.79 Å². The molecule has 1 N–H and O–H groups in total. The Morgan fingerprint density at radius 3 is 2.43 bits per heavy atom. The lowest BCUT2D eigenvalue weighted by Gasteiger charge is -2.11. The molecule has 0 saturated carbocycles. The summed E-state index contributed by atoms with van der Waals surface area (Å²) in [6.07, 6.45) is 3.79. The van der Waals surface area contributed by atoms with E-state index in [1.165, 1.54) is 31.0 Å². The van der Waals surface area contributed by atoms with E-state index in [0.717, 1.165) is 18.1 Å². The van der Waals surface area contributed by atoms with Crippen LogP contribution < -0.4 is 17.0 Å². The van der Waals surface area contributed by atoms with E-state index < -0.39 is 5.97 Å². The zero-order valence-corrected chi connectivity index (χ0v) is 10.7. The first-order valence-corrected chi connectivity index (χ1v) is 5.62. The van der Waals surface area contributed by atoms with Crippen LogP contribution in [-0.2, 0) is 4.79 Å². The van der Waals surface area contributed by atoms with Gasteiger partial charge in [0.1, 0.15) is 18.8 Å². The highest BCUT2D eigenvalue weighted by Gasteiger charge is 2.15. The SMILES string of the molecule is CC(SCC(=O)O)=[N+]1CCCCC1.[Br-]. The Hall–Kier alpha value is -0.0300. The van der Waals surface area contributed by atoms with Gasteiger partial charge in [0, 0.05) is 19.8 Å². The lowest BCUT2D eigenvalue weighted by atomic mass is 10.2. The van der Waals surface area contributed by atoms with Crippen molar-refractivity contribution in [3.05, 3.63) is 0 Å². The minimum absolute atomic E-state index is 0. The zero-order valence-electron chi connectivity index (χ0n) is 8.33. The van der Waals surface area contributed by atoms with Crippen LogP contribution in [0.1, 0.15) is 26.2 Å². The van der Waals surface area contributed by atoms with Gasteiger partial charge in [-0.15, -0.1) is 0 Å². The van der Waals surface area contributed by atoms with Crippen molar-refractivity contribution in [1.82, 2.24) is 0 Å². The fourth-order valence-corrected chi connectivity index (χ4v) is 2.16. The van der Waals surface area contributed by atoms with Crippen LogP contribution >= 0.6 is 11.8 Å². The number of carboxylic acids is 1. The van der Waals surface area contributed by atoms with E-state index >= 15 is 0 Å². The van der Waals surface area contributed by atoms with E-state index in [4.69, 9.17) is 5.11 Å². The second-order valence-electron chi connectivity index (χ2n) is 3.25. The van der Waals surface area contributed by atoms with E-state index in [0.29, 0.717) is 0 Å². The predicted octanol–water partition coefficient (Wildman–Crippen LogP) is -1.58. The number of piperidine rings is 1. The molecule has 1 rings (SSSR count). The first-order valence-electron chi connectivity index (χ1n) is 4.63. The number of hydrogen-bond donors (Lipinski definition) is 1. The van der Waals surface area contributed by atoms with Gasteiger partial charge in [-0.05, 0) is 6.42 Å². The van der Waals surface area contributed by atoms with Crippen molar-refractivity contribution in [2.24, 2.45) is 0 Å². The van der Waals surface area contributed by atoms with E-state index in [1.807, 2.05) is 6.92 Å². The minimum Gasteiger partial charge on any atom is -1.00 e. The van der Waals surface area contributed by atoms with Crippen molar-refractivity contribution in [2.45, 2.75) is 26.2 Å². The second kappa shape index (κ2) is 7.29. The number of rotatable bonds is 2. The van der Waals surface area contributed by atoms with Crippen LogP contribution in [0.5, 0.6) is 0 Å². The second-order valence-corrected chi connectivity index (χ2v) is 4.42. The Bertz CT molecular complexity index is 223. The first kappa shape index (κ1) is 14.0. The van der Waals surface area contributed by atoms with Crippen LogP contribution in [0, 0.1) is 0 Å². The van der Waals surface area contributed by atoms with E-state index in [1.54, 1.807) is 0 Å². The van der Waals surface area contributed by atoms with Gasteiger partial charge in [0.2, 0.25) is 5.04 Å². The molecule has 0 aromatic rings. The van der Waals surface area contributed by atoms with Crippen LogP contribution in [0.3, 0.4) is 0 Å². The van der Waals surface area contributed by atoms with Gasteiger partial charge in [0.15, 0.2) is 0 Å². The molecule has 0 radical (unpaired) electrons. The monoisotopic (exact) mass is 281 g/mol. The van der Waals surface area contributed by atoms with Gasteiger partial charge < -0.3 is 22.1 Å². The van der Waals surface area contributed by atoms with E-state index in [2.05, 4.69) is 4.58 Å². The van der Waals surface area contributed by atoms with Gasteiger partial charge in [-0.25, -0.2) is 4.58 Å². The molecule has 3 nitrogen and oxygen atoms in total. The Labute approximate surface area is 99.3 Å². The van der Waals surface area contributed by atoms with Gasteiger partial charge in [-0.2, -0.15) is 0 Å². The van der Waals surface area contributed by atoms with Crippen LogP contribution in [-0.4, -0.2) is 39.5 Å². The number of thioether (sulfide) groups is 1. The van der Waals surface area contributed by atoms with Crippen LogP contribution in [0.15, 0.2) is 0 Å². The van der Waals surface area contributed by atoms with Crippen molar-refractivity contribution < 1.29 is 31.5 Å². The third-order valence-electron chi connectivity index (χ3n) is 2.21. The third kappa shape index (κ3) is 5.00. The Balaban J connectivity index is 0.00000169. The Morgan fingerprint density at radius 1 is 1.36 bits per heavy atom. The summed E-state index contributed by atoms with van der Waals surface area (Å²) in [4.78, 5) is 10.3. The summed E-state index contributed by atoms with van der Waals surface area (Å²) in [5.41, 5.74) is 0. The quantitative estimate of drug-likeness (QED) is 0.491. The van der Waals surface area contributed by atoms with Crippen molar-refractivity contribution in [1.29, 1.82) is 0 Å². The molecule has 1 fully saturated rings. The number of hydrogen-bond acceptors (Lipinski definition) is 2. The average molecular weight is 282 g/mol. The predicted molar refractivity (Wildman–Crippen MR) is 54.6 cm³/mol. The highest BCUT2D eigenvalue weighted by molar-refractivity contribution is 8.14. The van der Waals surface area contributed by atoms with E-state index in [9.17, 15) is 4.79 Å². The third-order valence-corrected chi connectivity index (χ3v) is 3.27.